The number of aromatic nitrogens is 1. The summed E-state index contributed by atoms with van der Waals surface area (Å²) in [6.07, 6.45) is 1.67. The van der Waals surface area contributed by atoms with Gasteiger partial charge in [0.2, 0.25) is 0 Å². The summed E-state index contributed by atoms with van der Waals surface area (Å²) in [7, 11) is 2.09. The summed E-state index contributed by atoms with van der Waals surface area (Å²) in [5.41, 5.74) is 2.27. The smallest absolute Gasteiger partial charge is 0.342 e. The molecule has 0 aliphatic carbocycles. The molecule has 0 saturated carbocycles. The molecule has 0 unspecified atom stereocenters. The Morgan fingerprint density at radius 2 is 1.69 bits per heavy atom. The second kappa shape index (κ2) is 7.14. The Kier molecular flexibility index (Phi) is 4.70. The van der Waals surface area contributed by atoms with Crippen LogP contribution < -0.4 is 0 Å². The van der Waals surface area contributed by atoms with Crippen LogP contribution in [0.2, 0.25) is 5.15 Å². The fourth-order valence-electron chi connectivity index (χ4n) is 3.55. The average molecular weight is 369 g/mol. The van der Waals surface area contributed by atoms with Crippen molar-refractivity contribution in [2.45, 2.75) is 18.9 Å². The van der Waals surface area contributed by atoms with Gasteiger partial charge < -0.3 is 9.64 Å². The molecule has 1 aliphatic heterocycles. The van der Waals surface area contributed by atoms with Gasteiger partial charge in [-0.15, -0.1) is 0 Å². The first kappa shape index (κ1) is 17.1. The van der Waals surface area contributed by atoms with Gasteiger partial charge in [0, 0.05) is 24.2 Å². The van der Waals surface area contributed by atoms with E-state index in [1.54, 1.807) is 0 Å². The van der Waals surface area contributed by atoms with E-state index in [1.165, 1.54) is 0 Å². The van der Waals surface area contributed by atoms with Gasteiger partial charge in [-0.25, -0.2) is 4.79 Å². The Hall–Kier alpha value is -2.30. The standard InChI is InChI=1S/C21H21ClN2O2/c1-23-13-11-16(12-14-23)26-21(25)19-17-9-5-6-10-18(17)24(20(19)22)15-7-3-2-4-8-15/h2-10,16H,11-14H2,1H3. The normalized spacial score (nSPS) is 16.1. The van der Waals surface area contributed by atoms with Crippen molar-refractivity contribution in [3.8, 4) is 5.69 Å². The molecule has 26 heavy (non-hydrogen) atoms. The zero-order chi connectivity index (χ0) is 18.1. The summed E-state index contributed by atoms with van der Waals surface area (Å²) in [4.78, 5) is 15.2. The molecule has 1 saturated heterocycles. The van der Waals surface area contributed by atoms with Gasteiger partial charge in [0.15, 0.2) is 0 Å². The average Bonchev–Trinajstić information content (AvgIpc) is 2.96. The lowest BCUT2D eigenvalue weighted by Crippen LogP contribution is -2.35. The molecule has 134 valence electrons. The molecule has 4 rings (SSSR count). The number of fused-ring (bicyclic) bond motifs is 1. The number of likely N-dealkylation sites (tertiary alicyclic amines) is 1. The van der Waals surface area contributed by atoms with Gasteiger partial charge in [0.25, 0.3) is 0 Å². The number of hydrogen-bond acceptors (Lipinski definition) is 3. The SMILES string of the molecule is CN1CCC(OC(=O)c2c(Cl)n(-c3ccccc3)c3ccccc23)CC1. The first-order valence-corrected chi connectivity index (χ1v) is 9.27. The highest BCUT2D eigenvalue weighted by Gasteiger charge is 2.27. The molecule has 0 bridgehead atoms. The van der Waals surface area contributed by atoms with E-state index in [4.69, 9.17) is 16.3 Å². The first-order chi connectivity index (χ1) is 12.6. The maximum Gasteiger partial charge on any atom is 0.342 e. The van der Waals surface area contributed by atoms with Crippen LogP contribution >= 0.6 is 11.6 Å². The lowest BCUT2D eigenvalue weighted by molar-refractivity contribution is 0.0141. The topological polar surface area (TPSA) is 34.5 Å². The monoisotopic (exact) mass is 368 g/mol. The molecule has 1 aliphatic rings. The van der Waals surface area contributed by atoms with Crippen molar-refractivity contribution in [2.24, 2.45) is 0 Å². The van der Waals surface area contributed by atoms with E-state index in [1.807, 2.05) is 59.2 Å². The minimum atomic E-state index is -0.338. The molecule has 0 N–H and O–H groups in total. The highest BCUT2D eigenvalue weighted by Crippen LogP contribution is 2.34. The van der Waals surface area contributed by atoms with Crippen LogP contribution in [-0.2, 0) is 4.74 Å². The lowest BCUT2D eigenvalue weighted by atomic mass is 10.1. The molecule has 0 atom stereocenters. The van der Waals surface area contributed by atoms with E-state index in [-0.39, 0.29) is 12.1 Å². The number of para-hydroxylation sites is 2. The summed E-state index contributed by atoms with van der Waals surface area (Å²) in [5, 5.41) is 1.22. The van der Waals surface area contributed by atoms with Crippen LogP contribution in [0.4, 0.5) is 0 Å². The van der Waals surface area contributed by atoms with Crippen LogP contribution in [0.3, 0.4) is 0 Å². The summed E-state index contributed by atoms with van der Waals surface area (Å²) in [6.45, 7) is 1.88. The molecule has 1 fully saturated rings. The van der Waals surface area contributed by atoms with Crippen LogP contribution in [0.15, 0.2) is 54.6 Å². The maximum atomic E-state index is 12.9. The van der Waals surface area contributed by atoms with Crippen molar-refractivity contribution < 1.29 is 9.53 Å². The largest absolute Gasteiger partial charge is 0.459 e. The zero-order valence-electron chi connectivity index (χ0n) is 14.7. The molecule has 0 amide bonds. The highest BCUT2D eigenvalue weighted by molar-refractivity contribution is 6.35. The van der Waals surface area contributed by atoms with Gasteiger partial charge in [-0.1, -0.05) is 48.0 Å². The summed E-state index contributed by atoms with van der Waals surface area (Å²) in [6, 6.07) is 17.6. The van der Waals surface area contributed by atoms with Crippen LogP contribution in [0.1, 0.15) is 23.2 Å². The van der Waals surface area contributed by atoms with E-state index >= 15 is 0 Å². The Balaban J connectivity index is 1.73. The fraction of sp³-hybridized carbons (Fsp3) is 0.286. The molecule has 5 heteroatoms. The second-order valence-electron chi connectivity index (χ2n) is 6.76. The van der Waals surface area contributed by atoms with Crippen molar-refractivity contribution in [3.63, 3.8) is 0 Å². The molecule has 2 aromatic carbocycles. The van der Waals surface area contributed by atoms with Gasteiger partial charge in [0.1, 0.15) is 16.8 Å². The molecule has 0 spiro atoms. The van der Waals surface area contributed by atoms with E-state index in [0.717, 1.165) is 42.5 Å². The number of carbonyl (C=O) groups excluding carboxylic acids is 1. The Bertz CT molecular complexity index is 928. The number of carbonyl (C=O) groups is 1. The van der Waals surface area contributed by atoms with Crippen LogP contribution in [0, 0.1) is 0 Å². The number of esters is 1. The van der Waals surface area contributed by atoms with Crippen molar-refractivity contribution in [2.75, 3.05) is 20.1 Å². The molecule has 3 aromatic rings. The number of rotatable bonds is 3. The lowest BCUT2D eigenvalue weighted by Gasteiger charge is -2.28. The number of halogens is 1. The molecule has 2 heterocycles. The van der Waals surface area contributed by atoms with Crippen LogP contribution in [0.25, 0.3) is 16.6 Å². The van der Waals surface area contributed by atoms with E-state index in [9.17, 15) is 4.79 Å². The molecular weight excluding hydrogens is 348 g/mol. The predicted octanol–water partition coefficient (Wildman–Crippen LogP) is 4.53. The van der Waals surface area contributed by atoms with Crippen LogP contribution in [-0.4, -0.2) is 41.7 Å². The van der Waals surface area contributed by atoms with E-state index < -0.39 is 0 Å². The Morgan fingerprint density at radius 1 is 1.04 bits per heavy atom. The van der Waals surface area contributed by atoms with Gasteiger partial charge in [-0.05, 0) is 38.1 Å². The summed E-state index contributed by atoms with van der Waals surface area (Å²) >= 11 is 6.68. The first-order valence-electron chi connectivity index (χ1n) is 8.89. The minimum absolute atomic E-state index is 0.0476. The van der Waals surface area contributed by atoms with Crippen molar-refractivity contribution >= 4 is 28.5 Å². The van der Waals surface area contributed by atoms with Crippen LogP contribution in [0.5, 0.6) is 0 Å². The zero-order valence-corrected chi connectivity index (χ0v) is 15.4. The van der Waals surface area contributed by atoms with Crippen molar-refractivity contribution in [1.29, 1.82) is 0 Å². The van der Waals surface area contributed by atoms with Gasteiger partial charge in [0.05, 0.1) is 5.52 Å². The Morgan fingerprint density at radius 3 is 2.42 bits per heavy atom. The third-order valence-electron chi connectivity index (χ3n) is 4.97. The molecule has 1 aromatic heterocycles. The van der Waals surface area contributed by atoms with Crippen molar-refractivity contribution in [3.05, 3.63) is 65.3 Å². The van der Waals surface area contributed by atoms with E-state index in [2.05, 4.69) is 11.9 Å². The fourth-order valence-corrected chi connectivity index (χ4v) is 3.91. The van der Waals surface area contributed by atoms with Gasteiger partial charge in [-0.3, -0.25) is 4.57 Å². The molecular formula is C21H21ClN2O2. The predicted molar refractivity (Wildman–Crippen MR) is 104 cm³/mol. The third kappa shape index (κ3) is 3.11. The number of hydrogen-bond donors (Lipinski definition) is 0. The minimum Gasteiger partial charge on any atom is -0.459 e. The van der Waals surface area contributed by atoms with Gasteiger partial charge >= 0.3 is 5.97 Å². The second-order valence-corrected chi connectivity index (χ2v) is 7.12. The summed E-state index contributed by atoms with van der Waals surface area (Å²) in [5.74, 6) is -0.338. The number of piperidine rings is 1. The quantitative estimate of drug-likeness (QED) is 0.637. The number of nitrogens with zero attached hydrogens (tertiary/aromatic N) is 2. The number of ether oxygens (including phenoxy) is 1. The molecule has 4 nitrogen and oxygen atoms in total. The maximum absolute atomic E-state index is 12.9. The van der Waals surface area contributed by atoms with Gasteiger partial charge in [-0.2, -0.15) is 0 Å². The highest BCUT2D eigenvalue weighted by atomic mass is 35.5. The van der Waals surface area contributed by atoms with Crippen molar-refractivity contribution in [1.82, 2.24) is 9.47 Å². The molecule has 0 radical (unpaired) electrons. The van der Waals surface area contributed by atoms with E-state index in [0.29, 0.717) is 10.7 Å². The summed E-state index contributed by atoms with van der Waals surface area (Å²) < 4.78 is 7.71. The Labute approximate surface area is 157 Å². The number of benzene rings is 2. The third-order valence-corrected chi connectivity index (χ3v) is 5.33.